The van der Waals surface area contributed by atoms with Gasteiger partial charge >= 0.3 is 0 Å². The third-order valence-corrected chi connectivity index (χ3v) is 4.27. The summed E-state index contributed by atoms with van der Waals surface area (Å²) in [5.41, 5.74) is 8.09. The van der Waals surface area contributed by atoms with Crippen LogP contribution in [0.25, 0.3) is 0 Å². The Morgan fingerprint density at radius 1 is 1.38 bits per heavy atom. The predicted molar refractivity (Wildman–Crippen MR) is 87.6 cm³/mol. The number of nitrogens with zero attached hydrogens (tertiary/aromatic N) is 1. The number of amides is 1. The van der Waals surface area contributed by atoms with Crippen molar-refractivity contribution in [1.82, 2.24) is 10.2 Å². The number of carbonyl (C=O) groups is 1. The molecule has 1 saturated carbocycles. The van der Waals surface area contributed by atoms with Crippen LogP contribution in [-0.2, 0) is 0 Å². The van der Waals surface area contributed by atoms with E-state index >= 15 is 0 Å². The second-order valence-electron chi connectivity index (χ2n) is 5.73. The molecule has 1 aliphatic rings. The van der Waals surface area contributed by atoms with Crippen LogP contribution in [0.5, 0.6) is 0 Å². The fourth-order valence-electron chi connectivity index (χ4n) is 2.90. The second-order valence-corrected chi connectivity index (χ2v) is 5.73. The van der Waals surface area contributed by atoms with Gasteiger partial charge in [0.05, 0.1) is 11.4 Å². The number of nitrogens with one attached hydrogen (secondary N) is 2. The van der Waals surface area contributed by atoms with Crippen molar-refractivity contribution in [3.8, 4) is 0 Å². The van der Waals surface area contributed by atoms with E-state index in [9.17, 15) is 4.79 Å². The first-order valence-electron chi connectivity index (χ1n) is 7.67. The Morgan fingerprint density at radius 3 is 2.71 bits per heavy atom. The van der Waals surface area contributed by atoms with Crippen LogP contribution in [0.1, 0.15) is 36.0 Å². The van der Waals surface area contributed by atoms with E-state index in [-0.39, 0.29) is 5.91 Å². The number of nitrogens with two attached hydrogens (primary N) is 1. The van der Waals surface area contributed by atoms with Gasteiger partial charge in [-0.1, -0.05) is 12.8 Å². The minimum atomic E-state index is -0.116. The summed E-state index contributed by atoms with van der Waals surface area (Å²) in [5.74, 6) is -0.116. The van der Waals surface area contributed by atoms with Gasteiger partial charge in [0.2, 0.25) is 0 Å². The van der Waals surface area contributed by atoms with E-state index in [2.05, 4.69) is 22.6 Å². The molecule has 2 rings (SSSR count). The van der Waals surface area contributed by atoms with Gasteiger partial charge in [-0.05, 0) is 38.1 Å². The Hall–Kier alpha value is -1.75. The van der Waals surface area contributed by atoms with Gasteiger partial charge in [0.15, 0.2) is 0 Å². The van der Waals surface area contributed by atoms with Gasteiger partial charge in [-0.2, -0.15) is 0 Å². The molecule has 116 valence electrons. The van der Waals surface area contributed by atoms with E-state index in [0.29, 0.717) is 11.3 Å². The highest BCUT2D eigenvalue weighted by molar-refractivity contribution is 5.95. The molecule has 0 saturated heterocycles. The SMILES string of the molecule is CNC(=O)c1ccc(NCCN(C)C2CCCC2)c(N)c1. The second kappa shape index (κ2) is 7.31. The first-order chi connectivity index (χ1) is 10.1. The number of hydrogen-bond acceptors (Lipinski definition) is 4. The maximum absolute atomic E-state index is 11.5. The zero-order valence-electron chi connectivity index (χ0n) is 13.0. The van der Waals surface area contributed by atoms with Crippen molar-refractivity contribution in [2.24, 2.45) is 0 Å². The molecule has 1 amide bonds. The lowest BCUT2D eigenvalue weighted by molar-refractivity contribution is 0.0963. The fourth-order valence-corrected chi connectivity index (χ4v) is 2.90. The normalized spacial score (nSPS) is 15.4. The highest BCUT2D eigenvalue weighted by Crippen LogP contribution is 2.22. The Bertz CT molecular complexity index is 483. The van der Waals surface area contributed by atoms with Crippen molar-refractivity contribution in [2.75, 3.05) is 38.2 Å². The van der Waals surface area contributed by atoms with Gasteiger partial charge < -0.3 is 21.3 Å². The number of likely N-dealkylation sites (N-methyl/N-ethyl adjacent to an activating group) is 1. The number of anilines is 2. The maximum atomic E-state index is 11.5. The first kappa shape index (κ1) is 15.6. The van der Waals surface area contributed by atoms with E-state index in [4.69, 9.17) is 5.73 Å². The minimum Gasteiger partial charge on any atom is -0.397 e. The van der Waals surface area contributed by atoms with Gasteiger partial charge in [0.25, 0.3) is 5.91 Å². The average Bonchev–Trinajstić information content (AvgIpc) is 3.02. The van der Waals surface area contributed by atoms with Crippen LogP contribution in [0.15, 0.2) is 18.2 Å². The van der Waals surface area contributed by atoms with Crippen LogP contribution in [-0.4, -0.2) is 44.0 Å². The molecule has 0 heterocycles. The van der Waals surface area contributed by atoms with Crippen LogP contribution in [0.2, 0.25) is 0 Å². The Labute approximate surface area is 126 Å². The summed E-state index contributed by atoms with van der Waals surface area (Å²) in [6.45, 7) is 1.86. The fraction of sp³-hybridized carbons (Fsp3) is 0.562. The molecule has 5 heteroatoms. The molecule has 5 nitrogen and oxygen atoms in total. The van der Waals surface area contributed by atoms with Crippen LogP contribution >= 0.6 is 0 Å². The van der Waals surface area contributed by atoms with Crippen molar-refractivity contribution in [1.29, 1.82) is 0 Å². The van der Waals surface area contributed by atoms with E-state index < -0.39 is 0 Å². The van der Waals surface area contributed by atoms with Crippen molar-refractivity contribution in [3.05, 3.63) is 23.8 Å². The van der Waals surface area contributed by atoms with Gasteiger partial charge in [0, 0.05) is 31.7 Å². The third kappa shape index (κ3) is 4.11. The largest absolute Gasteiger partial charge is 0.397 e. The molecule has 1 aliphatic carbocycles. The number of rotatable bonds is 6. The Morgan fingerprint density at radius 2 is 2.10 bits per heavy atom. The van der Waals surface area contributed by atoms with Crippen LogP contribution in [0, 0.1) is 0 Å². The summed E-state index contributed by atoms with van der Waals surface area (Å²) in [4.78, 5) is 14.0. The summed E-state index contributed by atoms with van der Waals surface area (Å²) < 4.78 is 0. The highest BCUT2D eigenvalue weighted by atomic mass is 16.1. The molecule has 0 unspecified atom stereocenters. The predicted octanol–water partition coefficient (Wildman–Crippen LogP) is 1.91. The summed E-state index contributed by atoms with van der Waals surface area (Å²) in [7, 11) is 3.80. The highest BCUT2D eigenvalue weighted by Gasteiger charge is 2.18. The van der Waals surface area contributed by atoms with Crippen LogP contribution in [0.4, 0.5) is 11.4 Å². The molecule has 0 radical (unpaired) electrons. The van der Waals surface area contributed by atoms with Crippen LogP contribution in [0.3, 0.4) is 0 Å². The lowest BCUT2D eigenvalue weighted by Crippen LogP contribution is -2.33. The van der Waals surface area contributed by atoms with E-state index in [1.54, 1.807) is 19.2 Å². The van der Waals surface area contributed by atoms with Gasteiger partial charge in [-0.3, -0.25) is 4.79 Å². The lowest BCUT2D eigenvalue weighted by atomic mass is 10.1. The smallest absolute Gasteiger partial charge is 0.251 e. The van der Waals surface area contributed by atoms with Crippen LogP contribution < -0.4 is 16.4 Å². The first-order valence-corrected chi connectivity index (χ1v) is 7.67. The van der Waals surface area contributed by atoms with Crippen molar-refractivity contribution in [3.63, 3.8) is 0 Å². The zero-order valence-corrected chi connectivity index (χ0v) is 13.0. The monoisotopic (exact) mass is 290 g/mol. The van der Waals surface area contributed by atoms with Gasteiger partial charge in [0.1, 0.15) is 0 Å². The topological polar surface area (TPSA) is 70.4 Å². The molecule has 0 aromatic heterocycles. The molecule has 1 aromatic rings. The number of carbonyl (C=O) groups excluding carboxylic acids is 1. The van der Waals surface area contributed by atoms with Crippen molar-refractivity contribution >= 4 is 17.3 Å². The Balaban J connectivity index is 1.84. The van der Waals surface area contributed by atoms with Crippen molar-refractivity contribution < 1.29 is 4.79 Å². The number of hydrogen-bond donors (Lipinski definition) is 3. The average molecular weight is 290 g/mol. The molecule has 1 fully saturated rings. The van der Waals surface area contributed by atoms with E-state index in [1.807, 2.05) is 6.07 Å². The minimum absolute atomic E-state index is 0.116. The molecular weight excluding hydrogens is 264 g/mol. The molecular formula is C16H26N4O. The number of nitrogen functional groups attached to an aromatic ring is 1. The number of benzene rings is 1. The van der Waals surface area contributed by atoms with Crippen molar-refractivity contribution in [2.45, 2.75) is 31.7 Å². The molecule has 1 aromatic carbocycles. The molecule has 0 atom stereocenters. The van der Waals surface area contributed by atoms with Gasteiger partial charge in [-0.15, -0.1) is 0 Å². The standard InChI is InChI=1S/C16H26N4O/c1-18-16(21)12-7-8-15(14(17)11-12)19-9-10-20(2)13-5-3-4-6-13/h7-8,11,13,19H,3-6,9-10,17H2,1-2H3,(H,18,21). The Kier molecular flexibility index (Phi) is 5.44. The quantitative estimate of drug-likeness (QED) is 0.700. The summed E-state index contributed by atoms with van der Waals surface area (Å²) in [6.07, 6.45) is 5.35. The summed E-state index contributed by atoms with van der Waals surface area (Å²) >= 11 is 0. The lowest BCUT2D eigenvalue weighted by Gasteiger charge is -2.24. The summed E-state index contributed by atoms with van der Waals surface area (Å²) in [5, 5.41) is 5.95. The molecule has 0 bridgehead atoms. The molecule has 0 spiro atoms. The molecule has 0 aliphatic heterocycles. The maximum Gasteiger partial charge on any atom is 0.251 e. The summed E-state index contributed by atoms with van der Waals surface area (Å²) in [6, 6.07) is 6.11. The van der Waals surface area contributed by atoms with Gasteiger partial charge in [-0.25, -0.2) is 0 Å². The zero-order chi connectivity index (χ0) is 15.2. The molecule has 21 heavy (non-hydrogen) atoms. The van der Waals surface area contributed by atoms with E-state index in [0.717, 1.165) is 24.8 Å². The van der Waals surface area contributed by atoms with E-state index in [1.165, 1.54) is 25.7 Å². The third-order valence-electron chi connectivity index (χ3n) is 4.27. The molecule has 4 N–H and O–H groups in total.